The lowest BCUT2D eigenvalue weighted by Crippen LogP contribution is -2.15. The van der Waals surface area contributed by atoms with Crippen LogP contribution in [0.3, 0.4) is 0 Å². The predicted octanol–water partition coefficient (Wildman–Crippen LogP) is 56.4. The molecule has 1 fully saturated rings. The van der Waals surface area contributed by atoms with Crippen molar-refractivity contribution in [2.45, 2.75) is 786 Å². The number of ether oxygens (including phenoxy) is 1. The molecular weight excluding hydrogens is 1740 g/mol. The first-order valence-electron chi connectivity index (χ1n) is 64.0. The van der Waals surface area contributed by atoms with Crippen LogP contribution in [-0.2, 0) is 4.74 Å². The minimum absolute atomic E-state index is 0.0269. The summed E-state index contributed by atoms with van der Waals surface area (Å²) in [5.74, 6) is 10.1. The number of hydrogen-bond acceptors (Lipinski definition) is 1. The Balaban J connectivity index is -0.0000000536. The normalized spacial score (nSPS) is 12.5. The van der Waals surface area contributed by atoms with Gasteiger partial charge in [-0.1, -0.05) is 713 Å². The molecule has 0 aromatic heterocycles. The van der Waals surface area contributed by atoms with Crippen molar-refractivity contribution in [3.8, 4) is 0 Å². The van der Waals surface area contributed by atoms with Gasteiger partial charge in [-0.25, -0.2) is 8.78 Å². The van der Waals surface area contributed by atoms with Gasteiger partial charge in [0, 0.05) is 20.0 Å². The molecule has 0 aromatic carbocycles. The molecule has 0 bridgehead atoms. The Bertz CT molecular complexity index is 1840. The highest BCUT2D eigenvalue weighted by molar-refractivity contribution is 4.90. The Labute approximate surface area is 927 Å². The van der Waals surface area contributed by atoms with Gasteiger partial charge >= 0.3 is 0 Å². The molecule has 3 heteroatoms. The number of allylic oxidation sites excluding steroid dienone is 2. The van der Waals surface area contributed by atoms with Crippen LogP contribution in [0.25, 0.3) is 0 Å². The van der Waals surface area contributed by atoms with Crippen LogP contribution < -0.4 is 0 Å². The molecule has 1 rings (SSSR count). The van der Waals surface area contributed by atoms with Gasteiger partial charge in [0.1, 0.15) is 0 Å². The Kier molecular flexibility index (Phi) is 209. The quantitative estimate of drug-likeness (QED) is 0.0438. The highest BCUT2D eigenvalue weighted by atomic mass is 19.3. The summed E-state index contributed by atoms with van der Waals surface area (Å²) in [7, 11) is 1.75. The summed E-state index contributed by atoms with van der Waals surface area (Å²) < 4.78 is 29.3. The summed E-state index contributed by atoms with van der Waals surface area (Å²) in [5.41, 5.74) is 4.94. The van der Waals surface area contributed by atoms with E-state index in [9.17, 15) is 8.78 Å². The molecular formula is C140H320F2O. The second-order valence-electron chi connectivity index (χ2n) is 51.5. The molecule has 900 valence electrons. The first kappa shape index (κ1) is 197. The van der Waals surface area contributed by atoms with Crippen molar-refractivity contribution in [2.75, 3.05) is 7.11 Å². The molecule has 0 aliphatic heterocycles. The smallest absolute Gasteiger partial charge is 0.247 e. The molecule has 0 heterocycles. The van der Waals surface area contributed by atoms with E-state index in [1.807, 2.05) is 6.92 Å². The van der Waals surface area contributed by atoms with Crippen LogP contribution in [0.4, 0.5) is 8.78 Å². The van der Waals surface area contributed by atoms with E-state index >= 15 is 0 Å². The van der Waals surface area contributed by atoms with Gasteiger partial charge in [-0.2, -0.15) is 0 Å². The second-order valence-corrected chi connectivity index (χ2v) is 51.5. The van der Waals surface area contributed by atoms with Crippen molar-refractivity contribution in [2.24, 2.45) is 115 Å². The highest BCUT2D eigenvalue weighted by Crippen LogP contribution is 2.51. The number of hydrogen-bond donors (Lipinski definition) is 0. The number of halogens is 2. The average Bonchev–Trinajstić information content (AvgIpc) is 1.68. The summed E-state index contributed by atoms with van der Waals surface area (Å²) >= 11 is 0. The molecule has 1 saturated carbocycles. The molecule has 7 unspecified atom stereocenters. The molecule has 0 aromatic rings. The number of rotatable bonds is 41. The maximum Gasteiger partial charge on any atom is 0.247 e. The monoisotopic (exact) mass is 2060 g/mol. The minimum atomic E-state index is -2.41. The fraction of sp³-hybridized carbons (Fsp3) is 0.986. The van der Waals surface area contributed by atoms with E-state index in [4.69, 9.17) is 4.74 Å². The standard InChI is InChI=1S/4C8H18.C7H14.3C7H16.C6H12F2.C6H14O.5C6H14.3C5H12.C5H10.2C5H12.2C4H10/c1-6-7(2)8(3,4)5;1-5-8(4)6-7(2)3;1-5-7-8(3,4)6-2;1-5-7(3)8(4)6-2;1-3-7(4-2)5-6-7;1-5-7(3,4)6-2;1-5-7(4)6(2)3;1-4-6-7(3)5-2;1-3-5-6(7,8)4-2;1-4-5-6(2)7-3;1-5-6(2,3)4;2*1-4-5-6(2)3;1-4-6(3)5-2;1-3-5-6-4-2;1-5(2,3)4;3*1-4-5(2)3;2*1-3-5-4-2;1-4(2)3;1-3-4-2/h7H,6H2,1-5H3;7-8H,5-6H2,1-4H3;5-7H2,1-4H3;7-8H,5-6H2,1-4H3;3-6H2,1-2H3;5-6H2,1-4H3;6-7H,5H2,1-4H3;7H,4-6H2,1-3H3;3-5H2,1-2H3;6H,4-5H2,1-3H3;5H2,1-4H3;3*6H,4-5H2,1-3H3;3-6H2,1-2H3;1-4H3;2*5H,4H2,1-3H3;4H,1-3H3;2*3-5H2,1-2H3;4H,1-3H3;3-4H2,1-2H3. The van der Waals surface area contributed by atoms with Crippen molar-refractivity contribution in [3.05, 3.63) is 11.6 Å². The van der Waals surface area contributed by atoms with Crippen molar-refractivity contribution in [1.82, 2.24) is 0 Å². The lowest BCUT2D eigenvalue weighted by molar-refractivity contribution is -0.0119. The maximum atomic E-state index is 12.2. The zero-order chi connectivity index (χ0) is 119. The van der Waals surface area contributed by atoms with Crippen LogP contribution in [0, 0.1) is 115 Å². The number of methoxy groups -OCH3 is 1. The molecule has 0 amide bonds. The maximum absolute atomic E-state index is 12.2. The largest absolute Gasteiger partial charge is 0.382 e. The zero-order valence-corrected chi connectivity index (χ0v) is 118. The Morgan fingerprint density at radius 1 is 0.294 bits per heavy atom. The van der Waals surface area contributed by atoms with Gasteiger partial charge in [0.15, 0.2) is 0 Å². The van der Waals surface area contributed by atoms with Gasteiger partial charge < -0.3 is 4.74 Å². The van der Waals surface area contributed by atoms with Gasteiger partial charge in [0.25, 0.3) is 0 Å². The first-order chi connectivity index (χ1) is 65.5. The first-order valence-corrected chi connectivity index (χ1v) is 64.0. The Morgan fingerprint density at radius 3 is 0.608 bits per heavy atom. The number of unbranched alkanes of at least 4 members (excludes halogenated alkanes) is 8. The van der Waals surface area contributed by atoms with Crippen molar-refractivity contribution < 1.29 is 13.5 Å². The van der Waals surface area contributed by atoms with Gasteiger partial charge in [-0.15, -0.1) is 0 Å². The van der Waals surface area contributed by atoms with Crippen molar-refractivity contribution in [1.29, 1.82) is 0 Å². The SMILES string of the molecule is CC(C)(C)C.CC(C)C.CC=C(C)C.CCC(C)(C)C.CCC(C)(C)CC.CCC(C)C.CCC(C)C.CCC(C)C(C)(C)C.CCC(C)C(C)C.CCC(C)C(C)CC.CCC(C)CC.CCC(C)CC(C)C.CCC1(CC)CC1.CCCC.CCCC(C)(C)CC.CCCC(C)C.CCCC(C)C.CCCC(C)CC.CCCC(C)OC.CCCC(F)(F)CC.CCCCC.CCCCC.CCCCCC. The summed E-state index contributed by atoms with van der Waals surface area (Å²) in [5, 5.41) is 0. The Morgan fingerprint density at radius 2 is 0.559 bits per heavy atom. The van der Waals surface area contributed by atoms with E-state index < -0.39 is 5.92 Å². The van der Waals surface area contributed by atoms with Crippen LogP contribution in [0.15, 0.2) is 11.6 Å². The van der Waals surface area contributed by atoms with Crippen molar-refractivity contribution >= 4 is 0 Å². The van der Waals surface area contributed by atoms with E-state index in [1.54, 1.807) is 14.0 Å². The van der Waals surface area contributed by atoms with E-state index in [0.717, 1.165) is 88.3 Å². The van der Waals surface area contributed by atoms with Crippen LogP contribution in [0.1, 0.15) is 774 Å². The van der Waals surface area contributed by atoms with E-state index in [-0.39, 0.29) is 12.8 Å². The third-order valence-electron chi connectivity index (χ3n) is 26.9. The van der Waals surface area contributed by atoms with Crippen LogP contribution in [-0.4, -0.2) is 19.1 Å². The molecule has 1 nitrogen and oxygen atoms in total. The molecule has 0 radical (unpaired) electrons. The predicted molar refractivity (Wildman–Crippen MR) is 693 cm³/mol. The average molecular weight is 2060 g/mol. The molecule has 1 aliphatic rings. The lowest BCUT2D eigenvalue weighted by Gasteiger charge is -2.25. The van der Waals surface area contributed by atoms with Gasteiger partial charge in [0.2, 0.25) is 5.92 Å². The molecule has 0 spiro atoms. The zero-order valence-electron chi connectivity index (χ0n) is 118. The Hall–Kier alpha value is -0.440. The summed E-state index contributed by atoms with van der Waals surface area (Å²) in [6.45, 7) is 158. The van der Waals surface area contributed by atoms with E-state index in [2.05, 4.69) is 477 Å². The highest BCUT2D eigenvalue weighted by Gasteiger charge is 2.38. The molecule has 7 atom stereocenters. The molecule has 143 heavy (non-hydrogen) atoms. The number of alkyl halides is 2. The third-order valence-corrected chi connectivity index (χ3v) is 26.9. The third kappa shape index (κ3) is 302. The van der Waals surface area contributed by atoms with Crippen LogP contribution in [0.2, 0.25) is 0 Å². The van der Waals surface area contributed by atoms with Crippen molar-refractivity contribution in [3.63, 3.8) is 0 Å². The fourth-order valence-corrected chi connectivity index (χ4v) is 9.51. The van der Waals surface area contributed by atoms with E-state index in [1.165, 1.54) is 276 Å². The van der Waals surface area contributed by atoms with E-state index in [0.29, 0.717) is 39.6 Å². The lowest BCUT2D eigenvalue weighted by atomic mass is 9.81. The summed E-state index contributed by atoms with van der Waals surface area (Å²) in [6.07, 6.45) is 58.2. The molecule has 0 saturated heterocycles. The van der Waals surface area contributed by atoms with Gasteiger partial charge in [0.05, 0.1) is 6.10 Å². The fourth-order valence-electron chi connectivity index (χ4n) is 9.51. The summed E-state index contributed by atoms with van der Waals surface area (Å²) in [6, 6.07) is 0. The molecule has 0 N–H and O–H groups in total. The topological polar surface area (TPSA) is 9.23 Å². The van der Waals surface area contributed by atoms with Crippen LogP contribution in [0.5, 0.6) is 0 Å². The minimum Gasteiger partial charge on any atom is -0.382 e. The second kappa shape index (κ2) is 152. The van der Waals surface area contributed by atoms with Gasteiger partial charge in [-0.3, -0.25) is 0 Å². The summed E-state index contributed by atoms with van der Waals surface area (Å²) in [4.78, 5) is 0. The van der Waals surface area contributed by atoms with Gasteiger partial charge in [-0.05, 0) is 175 Å². The van der Waals surface area contributed by atoms with Crippen LogP contribution >= 0.6 is 0 Å². The molecule has 1 aliphatic carbocycles.